The molecule has 1 saturated heterocycles. The average molecular weight is 262 g/mol. The Bertz CT molecular complexity index is 512. The van der Waals surface area contributed by atoms with Gasteiger partial charge in [0, 0.05) is 16.8 Å². The van der Waals surface area contributed by atoms with E-state index in [4.69, 9.17) is 11.6 Å². The van der Waals surface area contributed by atoms with Crippen LogP contribution in [0, 0.1) is 0 Å². The Balaban J connectivity index is 1.93. The molecule has 0 bridgehead atoms. The Labute approximate surface area is 112 Å². The number of hydrogen-bond donors (Lipinski definition) is 1. The molecule has 18 heavy (non-hydrogen) atoms. The second-order valence-corrected chi connectivity index (χ2v) is 5.10. The first-order valence-corrected chi connectivity index (χ1v) is 6.74. The third kappa shape index (κ3) is 2.28. The van der Waals surface area contributed by atoms with Crippen LogP contribution in [0.4, 0.5) is 0 Å². The van der Waals surface area contributed by atoms with Crippen LogP contribution in [-0.4, -0.2) is 16.1 Å². The first kappa shape index (κ1) is 11.8. The van der Waals surface area contributed by atoms with E-state index in [1.165, 1.54) is 25.0 Å². The molecular formula is C14H16ClN3. The zero-order valence-electron chi connectivity index (χ0n) is 10.1. The third-order valence-corrected chi connectivity index (χ3v) is 3.69. The summed E-state index contributed by atoms with van der Waals surface area (Å²) < 4.78 is 2.14. The molecule has 0 amide bonds. The highest BCUT2D eigenvalue weighted by Gasteiger charge is 2.18. The Morgan fingerprint density at radius 3 is 2.78 bits per heavy atom. The molecule has 1 fully saturated rings. The number of nitrogens with zero attached hydrogens (tertiary/aromatic N) is 2. The van der Waals surface area contributed by atoms with Crippen LogP contribution < -0.4 is 5.32 Å². The summed E-state index contributed by atoms with van der Waals surface area (Å²) in [4.78, 5) is 4.29. The van der Waals surface area contributed by atoms with Crippen molar-refractivity contribution in [2.75, 3.05) is 6.54 Å². The van der Waals surface area contributed by atoms with Gasteiger partial charge in [0.1, 0.15) is 0 Å². The zero-order chi connectivity index (χ0) is 12.4. The van der Waals surface area contributed by atoms with E-state index in [1.54, 1.807) is 0 Å². The van der Waals surface area contributed by atoms with Crippen molar-refractivity contribution in [1.82, 2.24) is 14.9 Å². The van der Waals surface area contributed by atoms with E-state index in [9.17, 15) is 0 Å². The number of hydrogen-bond acceptors (Lipinski definition) is 2. The second-order valence-electron chi connectivity index (χ2n) is 4.67. The maximum absolute atomic E-state index is 5.92. The molecule has 2 heterocycles. The lowest BCUT2D eigenvalue weighted by Crippen LogP contribution is -2.28. The predicted octanol–water partition coefficient (Wildman–Crippen LogP) is 3.34. The van der Waals surface area contributed by atoms with Crippen LogP contribution in [0.15, 0.2) is 36.8 Å². The molecule has 3 rings (SSSR count). The van der Waals surface area contributed by atoms with Gasteiger partial charge in [0.15, 0.2) is 0 Å². The number of aromatic nitrogens is 2. The van der Waals surface area contributed by atoms with Gasteiger partial charge < -0.3 is 9.88 Å². The van der Waals surface area contributed by atoms with Crippen LogP contribution in [0.5, 0.6) is 0 Å². The van der Waals surface area contributed by atoms with E-state index >= 15 is 0 Å². The number of nitrogens with one attached hydrogen (secondary N) is 1. The summed E-state index contributed by atoms with van der Waals surface area (Å²) in [6, 6.07) is 8.29. The predicted molar refractivity (Wildman–Crippen MR) is 73.2 cm³/mol. The van der Waals surface area contributed by atoms with Crippen LogP contribution in [-0.2, 0) is 0 Å². The third-order valence-electron chi connectivity index (χ3n) is 3.44. The van der Waals surface area contributed by atoms with Gasteiger partial charge in [-0.1, -0.05) is 18.0 Å². The fourth-order valence-electron chi connectivity index (χ4n) is 2.48. The number of imidazole rings is 1. The van der Waals surface area contributed by atoms with Crippen LogP contribution >= 0.6 is 11.6 Å². The second kappa shape index (κ2) is 5.12. The summed E-state index contributed by atoms with van der Waals surface area (Å²) in [5, 5.41) is 4.32. The van der Waals surface area contributed by atoms with Gasteiger partial charge >= 0.3 is 0 Å². The molecule has 1 aromatic carbocycles. The molecule has 1 aromatic heterocycles. The minimum atomic E-state index is 0.414. The van der Waals surface area contributed by atoms with Crippen LogP contribution in [0.2, 0.25) is 5.02 Å². The monoisotopic (exact) mass is 261 g/mol. The Kier molecular flexibility index (Phi) is 3.35. The minimum absolute atomic E-state index is 0.414. The maximum atomic E-state index is 5.92. The van der Waals surface area contributed by atoms with Gasteiger partial charge in [0.05, 0.1) is 18.2 Å². The smallest absolute Gasteiger partial charge is 0.0994 e. The SMILES string of the molecule is Clc1ccc(-n2cncc2C2CCCCN2)cc1. The van der Waals surface area contributed by atoms with Gasteiger partial charge in [0.2, 0.25) is 0 Å². The summed E-state index contributed by atoms with van der Waals surface area (Å²) in [6.45, 7) is 1.09. The Hall–Kier alpha value is -1.32. The molecular weight excluding hydrogens is 246 g/mol. The molecule has 94 valence electrons. The van der Waals surface area contributed by atoms with E-state index in [2.05, 4.69) is 14.9 Å². The average Bonchev–Trinajstić information content (AvgIpc) is 2.90. The zero-order valence-corrected chi connectivity index (χ0v) is 10.9. The van der Waals surface area contributed by atoms with E-state index in [0.717, 1.165) is 17.3 Å². The van der Waals surface area contributed by atoms with Crippen molar-refractivity contribution in [1.29, 1.82) is 0 Å². The van der Waals surface area contributed by atoms with Crippen molar-refractivity contribution in [2.45, 2.75) is 25.3 Å². The standard InChI is InChI=1S/C14H16ClN3/c15-11-4-6-12(7-5-11)18-10-16-9-14(18)13-3-1-2-8-17-13/h4-7,9-10,13,17H,1-3,8H2. The van der Waals surface area contributed by atoms with E-state index in [0.29, 0.717) is 6.04 Å². The number of halogens is 1. The van der Waals surface area contributed by atoms with Gasteiger partial charge in [-0.2, -0.15) is 0 Å². The van der Waals surface area contributed by atoms with E-state index in [-0.39, 0.29) is 0 Å². The quantitative estimate of drug-likeness (QED) is 0.899. The highest BCUT2D eigenvalue weighted by Crippen LogP contribution is 2.25. The first-order chi connectivity index (χ1) is 8.84. The van der Waals surface area contributed by atoms with E-state index < -0.39 is 0 Å². The van der Waals surface area contributed by atoms with Crippen molar-refractivity contribution in [3.63, 3.8) is 0 Å². The normalized spacial score (nSPS) is 19.9. The molecule has 2 aromatic rings. The highest BCUT2D eigenvalue weighted by atomic mass is 35.5. The maximum Gasteiger partial charge on any atom is 0.0994 e. The molecule has 0 spiro atoms. The van der Waals surface area contributed by atoms with Crippen LogP contribution in [0.3, 0.4) is 0 Å². The van der Waals surface area contributed by atoms with Crippen molar-refractivity contribution in [3.8, 4) is 5.69 Å². The molecule has 1 N–H and O–H groups in total. The van der Waals surface area contributed by atoms with Crippen LogP contribution in [0.1, 0.15) is 31.0 Å². The molecule has 4 heteroatoms. The Morgan fingerprint density at radius 2 is 2.06 bits per heavy atom. The number of rotatable bonds is 2. The van der Waals surface area contributed by atoms with Crippen molar-refractivity contribution in [2.24, 2.45) is 0 Å². The van der Waals surface area contributed by atoms with Gasteiger partial charge in [-0.15, -0.1) is 0 Å². The molecule has 0 aliphatic carbocycles. The lowest BCUT2D eigenvalue weighted by Gasteiger charge is -2.24. The number of benzene rings is 1. The van der Waals surface area contributed by atoms with Crippen LogP contribution in [0.25, 0.3) is 5.69 Å². The Morgan fingerprint density at radius 1 is 1.22 bits per heavy atom. The van der Waals surface area contributed by atoms with Gasteiger partial charge in [-0.05, 0) is 43.7 Å². The van der Waals surface area contributed by atoms with Gasteiger partial charge in [-0.3, -0.25) is 0 Å². The van der Waals surface area contributed by atoms with Crippen molar-refractivity contribution in [3.05, 3.63) is 47.5 Å². The lowest BCUT2D eigenvalue weighted by molar-refractivity contribution is 0.402. The first-order valence-electron chi connectivity index (χ1n) is 6.36. The molecule has 1 atom stereocenters. The molecule has 0 radical (unpaired) electrons. The number of piperidine rings is 1. The molecule has 3 nitrogen and oxygen atoms in total. The van der Waals surface area contributed by atoms with Crippen molar-refractivity contribution >= 4 is 11.6 Å². The van der Waals surface area contributed by atoms with Gasteiger partial charge in [-0.25, -0.2) is 4.98 Å². The fourth-order valence-corrected chi connectivity index (χ4v) is 2.61. The molecule has 0 saturated carbocycles. The molecule has 1 unspecified atom stereocenters. The topological polar surface area (TPSA) is 29.9 Å². The summed E-state index contributed by atoms with van der Waals surface area (Å²) in [6.07, 6.45) is 7.56. The summed E-state index contributed by atoms with van der Waals surface area (Å²) >= 11 is 5.92. The minimum Gasteiger partial charge on any atom is -0.309 e. The molecule has 1 aliphatic heterocycles. The van der Waals surface area contributed by atoms with Gasteiger partial charge in [0.25, 0.3) is 0 Å². The van der Waals surface area contributed by atoms with Crippen molar-refractivity contribution < 1.29 is 0 Å². The fraction of sp³-hybridized carbons (Fsp3) is 0.357. The lowest BCUT2D eigenvalue weighted by atomic mass is 10.0. The highest BCUT2D eigenvalue weighted by molar-refractivity contribution is 6.30. The molecule has 1 aliphatic rings. The summed E-state index contributed by atoms with van der Waals surface area (Å²) in [5.74, 6) is 0. The van der Waals surface area contributed by atoms with E-state index in [1.807, 2.05) is 36.8 Å². The summed E-state index contributed by atoms with van der Waals surface area (Å²) in [7, 11) is 0. The largest absolute Gasteiger partial charge is 0.309 e. The summed E-state index contributed by atoms with van der Waals surface area (Å²) in [5.41, 5.74) is 2.34.